The predicted molar refractivity (Wildman–Crippen MR) is 138 cm³/mol. The Balaban J connectivity index is 1.57. The first kappa shape index (κ1) is 22.0. The Labute approximate surface area is 200 Å². The molecule has 170 valence electrons. The van der Waals surface area contributed by atoms with Crippen molar-refractivity contribution in [2.75, 3.05) is 6.61 Å². The van der Waals surface area contributed by atoms with Gasteiger partial charge in [-0.3, -0.25) is 0 Å². The van der Waals surface area contributed by atoms with Crippen molar-refractivity contribution in [3.8, 4) is 16.9 Å². The fourth-order valence-corrected chi connectivity index (χ4v) is 4.47. The maximum atomic E-state index is 12.0. The van der Waals surface area contributed by atoms with E-state index in [1.807, 2.05) is 31.2 Å². The fourth-order valence-electron chi connectivity index (χ4n) is 4.47. The number of hydrogen-bond acceptors (Lipinski definition) is 3. The number of esters is 1. The second-order valence-corrected chi connectivity index (χ2v) is 9.34. The van der Waals surface area contributed by atoms with Crippen LogP contribution in [0.4, 0.5) is 0 Å². The quantitative estimate of drug-likeness (QED) is 0.302. The smallest absolute Gasteiger partial charge is 0.338 e. The van der Waals surface area contributed by atoms with E-state index in [2.05, 4.69) is 81.4 Å². The number of aryl methyl sites for hydroxylation is 1. The average molecular weight is 449 g/mol. The summed E-state index contributed by atoms with van der Waals surface area (Å²) in [5, 5.41) is 2.28. The van der Waals surface area contributed by atoms with Gasteiger partial charge in [0, 0.05) is 5.56 Å². The molecule has 0 saturated carbocycles. The van der Waals surface area contributed by atoms with Crippen LogP contribution in [0.5, 0.6) is 5.75 Å². The summed E-state index contributed by atoms with van der Waals surface area (Å²) in [6, 6.07) is 27.0. The lowest BCUT2D eigenvalue weighted by atomic mass is 9.88. The van der Waals surface area contributed by atoms with Crippen molar-refractivity contribution in [2.24, 2.45) is 0 Å². The number of fused-ring (bicyclic) bond motifs is 2. The minimum Gasteiger partial charge on any atom is -0.483 e. The number of carbonyl (C=O) groups excluding carboxylic acids is 1. The van der Waals surface area contributed by atoms with Crippen LogP contribution in [-0.2, 0) is 4.74 Å². The van der Waals surface area contributed by atoms with Crippen LogP contribution in [0.2, 0.25) is 0 Å². The molecule has 0 aliphatic carbocycles. The lowest BCUT2D eigenvalue weighted by Crippen LogP contribution is -2.29. The highest BCUT2D eigenvalue weighted by Gasteiger charge is 2.27. The summed E-state index contributed by atoms with van der Waals surface area (Å²) in [6.45, 7) is 8.48. The largest absolute Gasteiger partial charge is 0.483 e. The van der Waals surface area contributed by atoms with Gasteiger partial charge in [0.05, 0.1) is 12.2 Å². The van der Waals surface area contributed by atoms with E-state index >= 15 is 0 Å². The van der Waals surface area contributed by atoms with E-state index in [1.165, 1.54) is 16.7 Å². The summed E-state index contributed by atoms with van der Waals surface area (Å²) in [5.74, 6) is 0.611. The first-order chi connectivity index (χ1) is 16.3. The third kappa shape index (κ3) is 4.22. The molecule has 1 aliphatic rings. The Hall–Kier alpha value is -3.85. The maximum absolute atomic E-state index is 12.0. The highest BCUT2D eigenvalue weighted by atomic mass is 16.5. The summed E-state index contributed by atoms with van der Waals surface area (Å²) < 4.78 is 11.4. The van der Waals surface area contributed by atoms with Crippen molar-refractivity contribution < 1.29 is 14.3 Å². The number of benzene rings is 4. The van der Waals surface area contributed by atoms with Gasteiger partial charge in [0.2, 0.25) is 0 Å². The lowest BCUT2D eigenvalue weighted by molar-refractivity contribution is 0.0526. The van der Waals surface area contributed by atoms with E-state index < -0.39 is 0 Å². The van der Waals surface area contributed by atoms with Crippen LogP contribution in [0.25, 0.3) is 27.5 Å². The number of rotatable bonds is 4. The molecule has 0 atom stereocenters. The summed E-state index contributed by atoms with van der Waals surface area (Å²) in [5.41, 5.74) is 7.05. The molecule has 0 unspecified atom stereocenters. The van der Waals surface area contributed by atoms with Gasteiger partial charge < -0.3 is 9.47 Å². The highest BCUT2D eigenvalue weighted by Crippen LogP contribution is 2.42. The molecule has 1 heterocycles. The van der Waals surface area contributed by atoms with Crippen LogP contribution in [0.1, 0.15) is 47.8 Å². The summed E-state index contributed by atoms with van der Waals surface area (Å²) >= 11 is 0. The van der Waals surface area contributed by atoms with Crippen LogP contribution >= 0.6 is 0 Å². The van der Waals surface area contributed by atoms with Crippen LogP contribution in [0.15, 0.2) is 84.9 Å². The summed E-state index contributed by atoms with van der Waals surface area (Å²) in [4.78, 5) is 12.0. The molecule has 0 radical (unpaired) electrons. The van der Waals surface area contributed by atoms with Crippen molar-refractivity contribution in [3.05, 3.63) is 107 Å². The zero-order chi connectivity index (χ0) is 23.9. The minimum atomic E-state index is -0.387. The van der Waals surface area contributed by atoms with E-state index in [9.17, 15) is 4.79 Å². The van der Waals surface area contributed by atoms with E-state index in [4.69, 9.17) is 9.47 Å². The normalized spacial score (nSPS) is 14.2. The molecule has 1 aliphatic heterocycles. The van der Waals surface area contributed by atoms with E-state index in [1.54, 1.807) is 0 Å². The van der Waals surface area contributed by atoms with Gasteiger partial charge in [0.15, 0.2) is 0 Å². The van der Waals surface area contributed by atoms with Crippen molar-refractivity contribution in [1.29, 1.82) is 0 Å². The monoisotopic (exact) mass is 448 g/mol. The van der Waals surface area contributed by atoms with Gasteiger partial charge in [-0.25, -0.2) is 4.79 Å². The Morgan fingerprint density at radius 1 is 0.824 bits per heavy atom. The molecule has 0 N–H and O–H groups in total. The summed E-state index contributed by atoms with van der Waals surface area (Å²) in [7, 11) is 0. The van der Waals surface area contributed by atoms with Gasteiger partial charge in [-0.1, -0.05) is 54.1 Å². The molecule has 3 nitrogen and oxygen atoms in total. The molecule has 4 aromatic carbocycles. The predicted octanol–water partition coefficient (Wildman–Crippen LogP) is 7.59. The topological polar surface area (TPSA) is 35.5 Å². The molecule has 4 aromatic rings. The molecule has 0 saturated heterocycles. The molecule has 0 amide bonds. The second kappa shape index (κ2) is 8.49. The van der Waals surface area contributed by atoms with Crippen molar-refractivity contribution in [1.82, 2.24) is 0 Å². The van der Waals surface area contributed by atoms with Gasteiger partial charge in [-0.2, -0.15) is 0 Å². The highest BCUT2D eigenvalue weighted by molar-refractivity contribution is 5.96. The van der Waals surface area contributed by atoms with Gasteiger partial charge >= 0.3 is 5.97 Å². The molecular weight excluding hydrogens is 420 g/mol. The van der Waals surface area contributed by atoms with Crippen molar-refractivity contribution >= 4 is 22.3 Å². The fraction of sp³-hybridized carbons (Fsp3) is 0.194. The third-order valence-electron chi connectivity index (χ3n) is 6.19. The minimum absolute atomic E-state index is 0.294. The Bertz CT molecular complexity index is 1410. The molecule has 0 bridgehead atoms. The van der Waals surface area contributed by atoms with Crippen LogP contribution in [0, 0.1) is 6.92 Å². The third-order valence-corrected chi connectivity index (χ3v) is 6.19. The van der Waals surface area contributed by atoms with Crippen molar-refractivity contribution in [3.63, 3.8) is 0 Å². The van der Waals surface area contributed by atoms with Gasteiger partial charge in [-0.05, 0) is 97.1 Å². The molecule has 34 heavy (non-hydrogen) atoms. The molecule has 0 spiro atoms. The Kier molecular flexibility index (Phi) is 5.49. The van der Waals surface area contributed by atoms with Gasteiger partial charge in [0.1, 0.15) is 11.4 Å². The lowest BCUT2D eigenvalue weighted by Gasteiger charge is -2.31. The van der Waals surface area contributed by atoms with Crippen molar-refractivity contribution in [2.45, 2.75) is 33.3 Å². The number of carbonyl (C=O) groups is 1. The van der Waals surface area contributed by atoms with E-state index in [0.29, 0.717) is 12.2 Å². The van der Waals surface area contributed by atoms with E-state index in [0.717, 1.165) is 33.2 Å². The van der Waals surface area contributed by atoms with Gasteiger partial charge in [-0.15, -0.1) is 0 Å². The summed E-state index contributed by atoms with van der Waals surface area (Å²) in [6.07, 6.45) is 2.21. The standard InChI is InChI=1S/C31H28O3/c1-5-33-30(32)23-12-10-21(11-13-23)24-14-15-25-18-29-27(17-26(25)16-24)28(19-31(3,4)34-29)22-8-6-20(2)7-9-22/h6-19H,5H2,1-4H3. The molecule has 3 heteroatoms. The average Bonchev–Trinajstić information content (AvgIpc) is 2.82. The first-order valence-electron chi connectivity index (χ1n) is 11.7. The molecule has 0 fully saturated rings. The van der Waals surface area contributed by atoms with Gasteiger partial charge in [0.25, 0.3) is 0 Å². The first-order valence-corrected chi connectivity index (χ1v) is 11.7. The van der Waals surface area contributed by atoms with Crippen LogP contribution < -0.4 is 4.74 Å². The Morgan fingerprint density at radius 2 is 1.50 bits per heavy atom. The van der Waals surface area contributed by atoms with E-state index in [-0.39, 0.29) is 11.6 Å². The van der Waals surface area contributed by atoms with Crippen LogP contribution in [-0.4, -0.2) is 18.2 Å². The van der Waals surface area contributed by atoms with Crippen LogP contribution in [0.3, 0.4) is 0 Å². The molecule has 5 rings (SSSR count). The Morgan fingerprint density at radius 3 is 2.21 bits per heavy atom. The number of ether oxygens (including phenoxy) is 2. The zero-order valence-corrected chi connectivity index (χ0v) is 20.0. The SMILES string of the molecule is CCOC(=O)c1ccc(-c2ccc3cc4c(cc3c2)C(c2ccc(C)cc2)=CC(C)(C)O4)cc1. The molecule has 0 aromatic heterocycles. The zero-order valence-electron chi connectivity index (χ0n) is 20.0. The second-order valence-electron chi connectivity index (χ2n) is 9.34. The maximum Gasteiger partial charge on any atom is 0.338 e. The molecular formula is C31H28O3. The number of hydrogen-bond donors (Lipinski definition) is 0.